The molecule has 0 saturated heterocycles. The van der Waals surface area contributed by atoms with E-state index in [0.29, 0.717) is 0 Å². The maximum Gasteiger partial charge on any atom is 0.330 e. The van der Waals surface area contributed by atoms with Crippen molar-refractivity contribution in [1.29, 1.82) is 0 Å². The maximum atomic E-state index is 9.60. The molecule has 0 amide bonds. The van der Waals surface area contributed by atoms with E-state index < -0.39 is 5.97 Å². The van der Waals surface area contributed by atoms with E-state index in [2.05, 4.69) is 25.7 Å². The maximum absolute atomic E-state index is 9.60. The normalized spacial score (nSPS) is 32.3. The number of aliphatic carboxylic acids is 1. The lowest BCUT2D eigenvalue weighted by Gasteiger charge is -2.09. The average molecular weight is 194 g/mol. The summed E-state index contributed by atoms with van der Waals surface area (Å²) in [5.41, 5.74) is 0.176. The highest BCUT2D eigenvalue weighted by Crippen LogP contribution is 2.42. The fourth-order valence-electron chi connectivity index (χ4n) is 2.06. The van der Waals surface area contributed by atoms with Gasteiger partial charge in [0.05, 0.1) is 0 Å². The van der Waals surface area contributed by atoms with Gasteiger partial charge in [0.2, 0.25) is 0 Å². The van der Waals surface area contributed by atoms with Gasteiger partial charge < -0.3 is 5.11 Å². The summed E-state index contributed by atoms with van der Waals surface area (Å²) < 4.78 is 0. The van der Waals surface area contributed by atoms with Gasteiger partial charge >= 0.3 is 5.97 Å². The number of fused-ring (bicyclic) bond motifs is 2. The van der Waals surface area contributed by atoms with Crippen molar-refractivity contribution in [3.8, 4) is 0 Å². The van der Waals surface area contributed by atoms with Gasteiger partial charge in [0.25, 0.3) is 0 Å². The molecule has 0 aromatic heterocycles. The highest BCUT2D eigenvalue weighted by Gasteiger charge is 2.32. The van der Waals surface area contributed by atoms with Crippen LogP contribution in [-0.4, -0.2) is 11.1 Å². The first-order valence-corrected chi connectivity index (χ1v) is 5.07. The van der Waals surface area contributed by atoms with Crippen LogP contribution < -0.4 is 0 Å². The number of rotatable bonds is 1. The molecule has 0 spiro atoms. The molecule has 0 aliphatic heterocycles. The standard InChI is InChI=1S/C8H12.C4H6O2/c1-6-4-7-2-3-8(6)5-7;1-3(2)4(5)6/h2-3,6-8H,4-5H2,1H3;1H2,2H3,(H,5,6). The molecule has 1 N–H and O–H groups in total. The molecule has 2 aliphatic carbocycles. The summed E-state index contributed by atoms with van der Waals surface area (Å²) in [4.78, 5) is 9.60. The molecule has 2 rings (SSSR count). The summed E-state index contributed by atoms with van der Waals surface area (Å²) in [7, 11) is 0. The third-order valence-electron chi connectivity index (χ3n) is 2.98. The van der Waals surface area contributed by atoms with Crippen molar-refractivity contribution in [2.75, 3.05) is 0 Å². The second-order valence-electron chi connectivity index (χ2n) is 4.34. The zero-order valence-corrected chi connectivity index (χ0v) is 8.86. The SMILES string of the molecule is C=C(C)C(=O)O.CC1CC2C=CC1C2. The predicted molar refractivity (Wildman–Crippen MR) is 57.0 cm³/mol. The monoisotopic (exact) mass is 194 g/mol. The number of hydrogen-bond acceptors (Lipinski definition) is 1. The topological polar surface area (TPSA) is 37.3 Å². The number of carboxylic acids is 1. The van der Waals surface area contributed by atoms with E-state index in [9.17, 15) is 4.79 Å². The van der Waals surface area contributed by atoms with E-state index in [-0.39, 0.29) is 5.57 Å². The van der Waals surface area contributed by atoms with Gasteiger partial charge in [-0.2, -0.15) is 0 Å². The Hall–Kier alpha value is -1.05. The van der Waals surface area contributed by atoms with Gasteiger partial charge in [-0.05, 0) is 37.5 Å². The van der Waals surface area contributed by atoms with Gasteiger partial charge in [-0.1, -0.05) is 25.7 Å². The van der Waals surface area contributed by atoms with Crippen molar-refractivity contribution in [3.63, 3.8) is 0 Å². The van der Waals surface area contributed by atoms with Crippen LogP contribution in [0.2, 0.25) is 0 Å². The first kappa shape index (κ1) is 11.0. The molecular weight excluding hydrogens is 176 g/mol. The second kappa shape index (κ2) is 4.45. The van der Waals surface area contributed by atoms with E-state index >= 15 is 0 Å². The number of hydrogen-bond donors (Lipinski definition) is 1. The molecule has 2 bridgehead atoms. The van der Waals surface area contributed by atoms with Crippen LogP contribution in [0.1, 0.15) is 26.7 Å². The summed E-state index contributed by atoms with van der Waals surface area (Å²) in [5, 5.41) is 7.89. The van der Waals surface area contributed by atoms with Crippen LogP contribution in [0.25, 0.3) is 0 Å². The number of carbonyl (C=O) groups is 1. The van der Waals surface area contributed by atoms with Crippen LogP contribution in [0.4, 0.5) is 0 Å². The third kappa shape index (κ3) is 2.72. The van der Waals surface area contributed by atoms with E-state index in [1.54, 1.807) is 0 Å². The molecule has 2 nitrogen and oxygen atoms in total. The zero-order valence-electron chi connectivity index (χ0n) is 8.86. The molecule has 0 aromatic carbocycles. The molecule has 78 valence electrons. The third-order valence-corrected chi connectivity index (χ3v) is 2.98. The smallest absolute Gasteiger partial charge is 0.330 e. The molecular formula is C12H18O2. The molecule has 14 heavy (non-hydrogen) atoms. The summed E-state index contributed by atoms with van der Waals surface area (Å²) in [6.45, 7) is 6.97. The molecule has 0 heterocycles. The largest absolute Gasteiger partial charge is 0.478 e. The van der Waals surface area contributed by atoms with Crippen molar-refractivity contribution >= 4 is 5.97 Å². The summed E-state index contributed by atoms with van der Waals surface area (Å²) in [6, 6.07) is 0. The molecule has 1 fully saturated rings. The van der Waals surface area contributed by atoms with Crippen LogP contribution >= 0.6 is 0 Å². The second-order valence-corrected chi connectivity index (χ2v) is 4.34. The van der Waals surface area contributed by atoms with E-state index in [4.69, 9.17) is 5.11 Å². The van der Waals surface area contributed by atoms with Crippen molar-refractivity contribution in [1.82, 2.24) is 0 Å². The van der Waals surface area contributed by atoms with Crippen LogP contribution in [-0.2, 0) is 4.79 Å². The van der Waals surface area contributed by atoms with Gasteiger partial charge in [-0.3, -0.25) is 0 Å². The van der Waals surface area contributed by atoms with Crippen molar-refractivity contribution in [2.45, 2.75) is 26.7 Å². The highest BCUT2D eigenvalue weighted by atomic mass is 16.4. The number of allylic oxidation sites excluding steroid dienone is 2. The molecule has 0 radical (unpaired) electrons. The Balaban J connectivity index is 0.000000149. The molecule has 2 heteroatoms. The summed E-state index contributed by atoms with van der Waals surface area (Å²) in [5.74, 6) is 1.98. The van der Waals surface area contributed by atoms with Crippen LogP contribution in [0.5, 0.6) is 0 Å². The average Bonchev–Trinajstić information content (AvgIpc) is 2.65. The van der Waals surface area contributed by atoms with Crippen molar-refractivity contribution in [3.05, 3.63) is 24.3 Å². The predicted octanol–water partition coefficient (Wildman–Crippen LogP) is 2.87. The molecule has 0 aromatic rings. The lowest BCUT2D eigenvalue weighted by atomic mass is 9.96. The Morgan fingerprint density at radius 2 is 2.00 bits per heavy atom. The van der Waals surface area contributed by atoms with Crippen molar-refractivity contribution < 1.29 is 9.90 Å². The minimum Gasteiger partial charge on any atom is -0.478 e. The van der Waals surface area contributed by atoms with Gasteiger partial charge in [0.15, 0.2) is 0 Å². The van der Waals surface area contributed by atoms with Gasteiger partial charge in [-0.25, -0.2) is 4.79 Å². The Labute approximate surface area is 85.3 Å². The van der Waals surface area contributed by atoms with Gasteiger partial charge in [-0.15, -0.1) is 0 Å². The first-order chi connectivity index (χ1) is 6.50. The zero-order chi connectivity index (χ0) is 10.7. The Morgan fingerprint density at radius 3 is 2.14 bits per heavy atom. The summed E-state index contributed by atoms with van der Waals surface area (Å²) in [6.07, 6.45) is 7.71. The molecule has 3 atom stereocenters. The first-order valence-electron chi connectivity index (χ1n) is 5.07. The number of carboxylic acid groups (broad SMARTS) is 1. The highest BCUT2D eigenvalue weighted by molar-refractivity contribution is 5.84. The van der Waals surface area contributed by atoms with E-state index in [1.807, 2.05) is 0 Å². The summed E-state index contributed by atoms with van der Waals surface area (Å²) >= 11 is 0. The lowest BCUT2D eigenvalue weighted by molar-refractivity contribution is -0.132. The minimum atomic E-state index is -0.935. The Morgan fingerprint density at radius 1 is 1.43 bits per heavy atom. The quantitative estimate of drug-likeness (QED) is 0.515. The Bertz CT molecular complexity index is 253. The van der Waals surface area contributed by atoms with Crippen LogP contribution in [0.15, 0.2) is 24.3 Å². The van der Waals surface area contributed by atoms with Crippen molar-refractivity contribution in [2.24, 2.45) is 17.8 Å². The fourth-order valence-corrected chi connectivity index (χ4v) is 2.06. The minimum absolute atomic E-state index is 0.176. The Kier molecular flexibility index (Phi) is 3.50. The van der Waals surface area contributed by atoms with Gasteiger partial charge in [0.1, 0.15) is 0 Å². The van der Waals surface area contributed by atoms with E-state index in [0.717, 1.165) is 17.8 Å². The molecule has 1 saturated carbocycles. The van der Waals surface area contributed by atoms with Crippen LogP contribution in [0.3, 0.4) is 0 Å². The van der Waals surface area contributed by atoms with E-state index in [1.165, 1.54) is 19.8 Å². The lowest BCUT2D eigenvalue weighted by Crippen LogP contribution is -1.99. The van der Waals surface area contributed by atoms with Crippen LogP contribution in [0, 0.1) is 17.8 Å². The van der Waals surface area contributed by atoms with Gasteiger partial charge in [0, 0.05) is 5.57 Å². The molecule has 2 aliphatic rings. The fraction of sp³-hybridized carbons (Fsp3) is 0.583. The molecule has 3 unspecified atom stereocenters.